The number of rotatable bonds is 4. The Morgan fingerprint density at radius 1 is 1.50 bits per heavy atom. The van der Waals surface area contributed by atoms with Gasteiger partial charge in [-0.3, -0.25) is 0 Å². The van der Waals surface area contributed by atoms with Crippen LogP contribution in [0.15, 0.2) is 35.9 Å². The van der Waals surface area contributed by atoms with E-state index in [1.165, 1.54) is 16.7 Å². The molecule has 0 heterocycles. The summed E-state index contributed by atoms with van der Waals surface area (Å²) < 4.78 is 0. The summed E-state index contributed by atoms with van der Waals surface area (Å²) in [7, 11) is 0. The molecule has 0 spiro atoms. The van der Waals surface area contributed by atoms with Gasteiger partial charge in [0.1, 0.15) is 0 Å². The first-order valence-electron chi connectivity index (χ1n) is 4.79. The number of aryl methyl sites for hydroxylation is 1. The Morgan fingerprint density at radius 2 is 2.29 bits per heavy atom. The molecule has 0 saturated carbocycles. The fraction of sp³-hybridized carbons (Fsp3) is 0.333. The van der Waals surface area contributed by atoms with E-state index in [1.807, 2.05) is 6.08 Å². The van der Waals surface area contributed by atoms with Gasteiger partial charge in [0, 0.05) is 18.1 Å². The van der Waals surface area contributed by atoms with Gasteiger partial charge < -0.3 is 5.32 Å². The first-order valence-corrected chi connectivity index (χ1v) is 5.23. The number of nitrogens with one attached hydrogen (secondary N) is 1. The van der Waals surface area contributed by atoms with Crippen LogP contribution >= 0.6 is 11.6 Å². The van der Waals surface area contributed by atoms with Gasteiger partial charge >= 0.3 is 0 Å². The van der Waals surface area contributed by atoms with E-state index in [0.717, 1.165) is 6.54 Å². The Labute approximate surface area is 90.8 Å². The highest BCUT2D eigenvalue weighted by atomic mass is 35.5. The first kappa shape index (κ1) is 11.3. The van der Waals surface area contributed by atoms with Crippen LogP contribution in [0.2, 0.25) is 0 Å². The van der Waals surface area contributed by atoms with Gasteiger partial charge in [-0.1, -0.05) is 47.5 Å². The van der Waals surface area contributed by atoms with Gasteiger partial charge in [0.2, 0.25) is 0 Å². The maximum absolute atomic E-state index is 5.44. The van der Waals surface area contributed by atoms with Crippen molar-refractivity contribution in [1.82, 2.24) is 5.32 Å². The van der Waals surface area contributed by atoms with Crippen LogP contribution in [-0.4, -0.2) is 6.54 Å². The van der Waals surface area contributed by atoms with Gasteiger partial charge in [-0.05, 0) is 19.4 Å². The number of hydrogen-bond donors (Lipinski definition) is 1. The second-order valence-corrected chi connectivity index (χ2v) is 3.66. The van der Waals surface area contributed by atoms with Crippen LogP contribution in [0.1, 0.15) is 24.1 Å². The first-order chi connectivity index (χ1) is 6.74. The average molecular weight is 210 g/mol. The Balaban J connectivity index is 2.55. The maximum Gasteiger partial charge on any atom is 0.0294 e. The van der Waals surface area contributed by atoms with E-state index in [4.69, 9.17) is 11.6 Å². The summed E-state index contributed by atoms with van der Waals surface area (Å²) in [4.78, 5) is 0. The predicted molar refractivity (Wildman–Crippen MR) is 62.6 cm³/mol. The Morgan fingerprint density at radius 3 is 2.93 bits per heavy atom. The molecule has 0 aliphatic carbocycles. The minimum atomic E-state index is 0.364. The summed E-state index contributed by atoms with van der Waals surface area (Å²) in [6.07, 6.45) is 1.90. The van der Waals surface area contributed by atoms with Crippen LogP contribution in [0.25, 0.3) is 0 Å². The molecule has 2 heteroatoms. The lowest BCUT2D eigenvalue weighted by Gasteiger charge is -2.13. The third kappa shape index (κ3) is 3.52. The summed E-state index contributed by atoms with van der Waals surface area (Å²) in [6, 6.07) is 8.88. The molecule has 0 saturated heterocycles. The molecule has 1 aromatic carbocycles. The standard InChI is InChI=1S/C12H16ClN/c1-10-5-3-6-12(9-10)11(2)14-8-4-7-13/h3-7,9,11,14H,8H2,1-2H3/b7-4+/t11-/m0/s1. The molecule has 0 radical (unpaired) electrons. The maximum atomic E-state index is 5.44. The van der Waals surface area contributed by atoms with E-state index in [0.29, 0.717) is 6.04 Å². The third-order valence-corrected chi connectivity index (χ3v) is 2.35. The van der Waals surface area contributed by atoms with Gasteiger partial charge in [-0.25, -0.2) is 0 Å². The normalized spacial score (nSPS) is 13.4. The second kappa shape index (κ2) is 5.84. The molecule has 1 atom stereocenters. The molecule has 1 N–H and O–H groups in total. The van der Waals surface area contributed by atoms with E-state index >= 15 is 0 Å². The fourth-order valence-corrected chi connectivity index (χ4v) is 1.44. The zero-order valence-electron chi connectivity index (χ0n) is 8.63. The summed E-state index contributed by atoms with van der Waals surface area (Å²) in [5, 5.41) is 3.36. The molecule has 0 amide bonds. The van der Waals surface area contributed by atoms with Gasteiger partial charge in [-0.15, -0.1) is 0 Å². The molecule has 0 bridgehead atoms. The summed E-state index contributed by atoms with van der Waals surface area (Å²) in [5.74, 6) is 0. The van der Waals surface area contributed by atoms with Crippen LogP contribution in [0.5, 0.6) is 0 Å². The van der Waals surface area contributed by atoms with Crippen molar-refractivity contribution in [3.05, 3.63) is 47.0 Å². The highest BCUT2D eigenvalue weighted by molar-refractivity contribution is 6.25. The number of halogens is 1. The highest BCUT2D eigenvalue weighted by Crippen LogP contribution is 2.13. The van der Waals surface area contributed by atoms with Crippen molar-refractivity contribution in [2.24, 2.45) is 0 Å². The van der Waals surface area contributed by atoms with Gasteiger partial charge in [0.25, 0.3) is 0 Å². The molecule has 0 fully saturated rings. The molecule has 0 unspecified atom stereocenters. The Hall–Kier alpha value is -0.790. The Kier molecular flexibility index (Phi) is 4.71. The van der Waals surface area contributed by atoms with Crippen molar-refractivity contribution in [2.45, 2.75) is 19.9 Å². The van der Waals surface area contributed by atoms with Gasteiger partial charge in [-0.2, -0.15) is 0 Å². The van der Waals surface area contributed by atoms with Crippen molar-refractivity contribution in [2.75, 3.05) is 6.54 Å². The quantitative estimate of drug-likeness (QED) is 0.802. The molecule has 1 aromatic rings. The third-order valence-electron chi connectivity index (χ3n) is 2.17. The van der Waals surface area contributed by atoms with Crippen molar-refractivity contribution in [3.8, 4) is 0 Å². The molecule has 0 aliphatic rings. The monoisotopic (exact) mass is 209 g/mol. The molecular weight excluding hydrogens is 194 g/mol. The minimum Gasteiger partial charge on any atom is -0.307 e. The van der Waals surface area contributed by atoms with E-state index in [9.17, 15) is 0 Å². The molecule has 14 heavy (non-hydrogen) atoms. The number of benzene rings is 1. The second-order valence-electron chi connectivity index (χ2n) is 3.41. The average Bonchev–Trinajstić information content (AvgIpc) is 2.18. The van der Waals surface area contributed by atoms with E-state index in [2.05, 4.69) is 43.4 Å². The molecule has 0 aromatic heterocycles. The van der Waals surface area contributed by atoms with Gasteiger partial charge in [0.15, 0.2) is 0 Å². The van der Waals surface area contributed by atoms with Crippen LogP contribution in [0.3, 0.4) is 0 Å². The number of hydrogen-bond acceptors (Lipinski definition) is 1. The van der Waals surface area contributed by atoms with Crippen molar-refractivity contribution in [1.29, 1.82) is 0 Å². The largest absolute Gasteiger partial charge is 0.307 e. The Bertz CT molecular complexity index is 307. The summed E-state index contributed by atoms with van der Waals surface area (Å²) in [5.41, 5.74) is 4.15. The van der Waals surface area contributed by atoms with Crippen molar-refractivity contribution >= 4 is 11.6 Å². The zero-order valence-corrected chi connectivity index (χ0v) is 9.38. The SMILES string of the molecule is Cc1cccc([C@H](C)NC/C=C/Cl)c1. The lowest BCUT2D eigenvalue weighted by molar-refractivity contribution is 0.617. The topological polar surface area (TPSA) is 12.0 Å². The van der Waals surface area contributed by atoms with E-state index < -0.39 is 0 Å². The smallest absolute Gasteiger partial charge is 0.0294 e. The lowest BCUT2D eigenvalue weighted by Crippen LogP contribution is -2.18. The molecule has 1 rings (SSSR count). The molecule has 76 valence electrons. The van der Waals surface area contributed by atoms with Crippen molar-refractivity contribution in [3.63, 3.8) is 0 Å². The fourth-order valence-electron chi connectivity index (χ4n) is 1.35. The summed E-state index contributed by atoms with van der Waals surface area (Å²) >= 11 is 5.44. The molecular formula is C12H16ClN. The highest BCUT2D eigenvalue weighted by Gasteiger charge is 2.02. The minimum absolute atomic E-state index is 0.364. The molecule has 0 aliphatic heterocycles. The molecule has 1 nitrogen and oxygen atoms in total. The van der Waals surface area contributed by atoms with Crippen LogP contribution in [0, 0.1) is 6.92 Å². The van der Waals surface area contributed by atoms with E-state index in [1.54, 1.807) is 0 Å². The van der Waals surface area contributed by atoms with Crippen LogP contribution in [0.4, 0.5) is 0 Å². The predicted octanol–water partition coefficient (Wildman–Crippen LogP) is 3.40. The zero-order chi connectivity index (χ0) is 10.4. The lowest BCUT2D eigenvalue weighted by atomic mass is 10.1. The van der Waals surface area contributed by atoms with Crippen molar-refractivity contribution < 1.29 is 0 Å². The van der Waals surface area contributed by atoms with Gasteiger partial charge in [0.05, 0.1) is 0 Å². The van der Waals surface area contributed by atoms with Crippen LogP contribution in [-0.2, 0) is 0 Å². The van der Waals surface area contributed by atoms with E-state index in [-0.39, 0.29) is 0 Å². The summed E-state index contributed by atoms with van der Waals surface area (Å²) in [6.45, 7) is 5.06. The van der Waals surface area contributed by atoms with Crippen LogP contribution < -0.4 is 5.32 Å².